The summed E-state index contributed by atoms with van der Waals surface area (Å²) >= 11 is 0. The van der Waals surface area contributed by atoms with Gasteiger partial charge in [0.15, 0.2) is 0 Å². The van der Waals surface area contributed by atoms with Gasteiger partial charge in [-0.3, -0.25) is 4.79 Å². The zero-order valence-corrected chi connectivity index (χ0v) is 11.9. The van der Waals surface area contributed by atoms with E-state index in [1.165, 1.54) is 18.4 Å². The minimum atomic E-state index is -0.0151. The lowest BCUT2D eigenvalue weighted by Crippen LogP contribution is -2.28. The third kappa shape index (κ3) is 2.60. The molecule has 3 rings (SSSR count). The van der Waals surface area contributed by atoms with Crippen LogP contribution in [0.1, 0.15) is 31.4 Å². The fourth-order valence-electron chi connectivity index (χ4n) is 2.81. The zero-order chi connectivity index (χ0) is 14.1. The SMILES string of the molecule is CO[C@@H]1CN(C(=O)/C=C(\C)C2CC2)C[C@H]1c1cn[nH]n1. The van der Waals surface area contributed by atoms with Crippen LogP contribution in [0.3, 0.4) is 0 Å². The van der Waals surface area contributed by atoms with E-state index in [1.54, 1.807) is 19.4 Å². The van der Waals surface area contributed by atoms with Crippen molar-refractivity contribution in [1.29, 1.82) is 0 Å². The lowest BCUT2D eigenvalue weighted by atomic mass is 10.0. The number of likely N-dealkylation sites (tertiary alicyclic amines) is 1. The highest BCUT2D eigenvalue weighted by Crippen LogP contribution is 2.36. The van der Waals surface area contributed by atoms with E-state index in [1.807, 2.05) is 4.90 Å². The molecular weight excluding hydrogens is 256 g/mol. The number of hydrogen-bond donors (Lipinski definition) is 1. The first-order chi connectivity index (χ1) is 9.69. The first-order valence-corrected chi connectivity index (χ1v) is 7.04. The quantitative estimate of drug-likeness (QED) is 0.836. The highest BCUT2D eigenvalue weighted by Gasteiger charge is 2.37. The summed E-state index contributed by atoms with van der Waals surface area (Å²) in [6, 6.07) is 0. The lowest BCUT2D eigenvalue weighted by molar-refractivity contribution is -0.125. The number of rotatable bonds is 4. The summed E-state index contributed by atoms with van der Waals surface area (Å²) in [5, 5.41) is 10.6. The van der Waals surface area contributed by atoms with Gasteiger partial charge in [-0.2, -0.15) is 15.4 Å². The first kappa shape index (κ1) is 13.3. The Morgan fingerprint density at radius 3 is 2.90 bits per heavy atom. The summed E-state index contributed by atoms with van der Waals surface area (Å²) in [5.41, 5.74) is 2.06. The number of H-pyrrole nitrogens is 1. The summed E-state index contributed by atoms with van der Waals surface area (Å²) in [4.78, 5) is 14.2. The van der Waals surface area contributed by atoms with Crippen molar-refractivity contribution in [3.63, 3.8) is 0 Å². The Morgan fingerprint density at radius 1 is 1.50 bits per heavy atom. The van der Waals surface area contributed by atoms with Crippen molar-refractivity contribution in [1.82, 2.24) is 20.3 Å². The molecule has 1 amide bonds. The number of nitrogens with one attached hydrogen (secondary N) is 1. The molecule has 6 nitrogen and oxygen atoms in total. The predicted molar refractivity (Wildman–Crippen MR) is 73.0 cm³/mol. The molecule has 1 aromatic rings. The van der Waals surface area contributed by atoms with Gasteiger partial charge in [0, 0.05) is 26.3 Å². The van der Waals surface area contributed by atoms with Gasteiger partial charge in [0.2, 0.25) is 5.91 Å². The minimum Gasteiger partial charge on any atom is -0.379 e. The molecule has 1 aliphatic heterocycles. The number of carbonyl (C=O) groups excluding carboxylic acids is 1. The van der Waals surface area contributed by atoms with Crippen molar-refractivity contribution in [2.45, 2.75) is 31.8 Å². The Morgan fingerprint density at radius 2 is 2.30 bits per heavy atom. The van der Waals surface area contributed by atoms with Gasteiger partial charge in [0.25, 0.3) is 0 Å². The standard InChI is InChI=1S/C14H20N4O2/c1-9(10-3-4-10)5-14(19)18-7-11(13(8-18)20-2)12-6-15-17-16-12/h5-6,10-11,13H,3-4,7-8H2,1-2H3,(H,15,16,17)/b9-5+/t11-,13+/m0/s1. The molecule has 2 fully saturated rings. The van der Waals surface area contributed by atoms with E-state index in [2.05, 4.69) is 22.3 Å². The van der Waals surface area contributed by atoms with Gasteiger partial charge >= 0.3 is 0 Å². The normalized spacial score (nSPS) is 27.1. The van der Waals surface area contributed by atoms with Crippen LogP contribution in [0.25, 0.3) is 0 Å². The molecule has 20 heavy (non-hydrogen) atoms. The largest absolute Gasteiger partial charge is 0.379 e. The van der Waals surface area contributed by atoms with Crippen LogP contribution in [0.5, 0.6) is 0 Å². The third-order valence-electron chi connectivity index (χ3n) is 4.27. The molecule has 108 valence electrons. The highest BCUT2D eigenvalue weighted by atomic mass is 16.5. The summed E-state index contributed by atoms with van der Waals surface area (Å²) in [6.07, 6.45) is 5.92. The van der Waals surface area contributed by atoms with Gasteiger partial charge in [-0.25, -0.2) is 0 Å². The van der Waals surface area contributed by atoms with Gasteiger partial charge in [0.1, 0.15) is 0 Å². The van der Waals surface area contributed by atoms with Crippen LogP contribution in [0.2, 0.25) is 0 Å². The summed E-state index contributed by atoms with van der Waals surface area (Å²) in [5.74, 6) is 0.811. The molecule has 0 unspecified atom stereocenters. The fraction of sp³-hybridized carbons (Fsp3) is 0.643. The van der Waals surface area contributed by atoms with E-state index in [-0.39, 0.29) is 17.9 Å². The van der Waals surface area contributed by atoms with E-state index in [0.717, 1.165) is 5.69 Å². The molecule has 1 aliphatic carbocycles. The maximum absolute atomic E-state index is 12.3. The molecule has 0 aromatic carbocycles. The van der Waals surface area contributed by atoms with Gasteiger partial charge in [-0.15, -0.1) is 0 Å². The third-order valence-corrected chi connectivity index (χ3v) is 4.27. The maximum Gasteiger partial charge on any atom is 0.246 e. The number of aromatic amines is 1. The van der Waals surface area contributed by atoms with Crippen LogP contribution in [0.4, 0.5) is 0 Å². The monoisotopic (exact) mass is 276 g/mol. The number of hydrogen-bond acceptors (Lipinski definition) is 4. The second-order valence-electron chi connectivity index (χ2n) is 5.68. The fourth-order valence-corrected chi connectivity index (χ4v) is 2.81. The first-order valence-electron chi connectivity index (χ1n) is 7.04. The number of allylic oxidation sites excluding steroid dienone is 1. The molecule has 0 bridgehead atoms. The molecule has 2 heterocycles. The number of methoxy groups -OCH3 is 1. The Balaban J connectivity index is 1.70. The molecule has 2 aliphatic rings. The van der Waals surface area contributed by atoms with Gasteiger partial charge in [-0.1, -0.05) is 5.57 Å². The zero-order valence-electron chi connectivity index (χ0n) is 11.9. The van der Waals surface area contributed by atoms with Crippen molar-refractivity contribution in [3.8, 4) is 0 Å². The predicted octanol–water partition coefficient (Wildman–Crippen LogP) is 1.10. The highest BCUT2D eigenvalue weighted by molar-refractivity contribution is 5.88. The molecule has 0 spiro atoms. The maximum atomic E-state index is 12.3. The van der Waals surface area contributed by atoms with Crippen molar-refractivity contribution in [3.05, 3.63) is 23.5 Å². The van der Waals surface area contributed by atoms with Gasteiger partial charge in [0.05, 0.1) is 23.9 Å². The second kappa shape index (κ2) is 5.36. The van der Waals surface area contributed by atoms with Crippen LogP contribution in [0, 0.1) is 5.92 Å². The van der Waals surface area contributed by atoms with Crippen LogP contribution in [0.15, 0.2) is 17.8 Å². The number of amides is 1. The average Bonchev–Trinajstić information content (AvgIpc) is 3.00. The summed E-state index contributed by atoms with van der Waals surface area (Å²) in [6.45, 7) is 3.30. The van der Waals surface area contributed by atoms with E-state index in [4.69, 9.17) is 4.74 Å². The van der Waals surface area contributed by atoms with Crippen molar-refractivity contribution in [2.24, 2.45) is 5.92 Å². The molecule has 1 aromatic heterocycles. The van der Waals surface area contributed by atoms with E-state index in [0.29, 0.717) is 19.0 Å². The second-order valence-corrected chi connectivity index (χ2v) is 5.68. The molecule has 2 atom stereocenters. The van der Waals surface area contributed by atoms with Crippen LogP contribution < -0.4 is 0 Å². The molecular formula is C14H20N4O2. The number of aromatic nitrogens is 3. The topological polar surface area (TPSA) is 71.1 Å². The summed E-state index contributed by atoms with van der Waals surface area (Å²) < 4.78 is 5.50. The van der Waals surface area contributed by atoms with Crippen LogP contribution >= 0.6 is 0 Å². The average molecular weight is 276 g/mol. The molecule has 0 radical (unpaired) electrons. The van der Waals surface area contributed by atoms with E-state index < -0.39 is 0 Å². The smallest absolute Gasteiger partial charge is 0.246 e. The Hall–Kier alpha value is -1.69. The van der Waals surface area contributed by atoms with Crippen LogP contribution in [-0.2, 0) is 9.53 Å². The van der Waals surface area contributed by atoms with Crippen molar-refractivity contribution < 1.29 is 9.53 Å². The Labute approximate surface area is 118 Å². The van der Waals surface area contributed by atoms with E-state index >= 15 is 0 Å². The van der Waals surface area contributed by atoms with Gasteiger partial charge in [-0.05, 0) is 25.7 Å². The van der Waals surface area contributed by atoms with Gasteiger partial charge < -0.3 is 9.64 Å². The van der Waals surface area contributed by atoms with E-state index in [9.17, 15) is 4.79 Å². The number of carbonyl (C=O) groups is 1. The lowest BCUT2D eigenvalue weighted by Gasteiger charge is -2.14. The minimum absolute atomic E-state index is 0.0151. The Kier molecular flexibility index (Phi) is 3.56. The Bertz CT molecular complexity index is 507. The molecule has 1 saturated carbocycles. The molecule has 6 heteroatoms. The summed E-state index contributed by atoms with van der Waals surface area (Å²) in [7, 11) is 1.68. The molecule has 1 saturated heterocycles. The molecule has 1 N–H and O–H groups in total. The van der Waals surface area contributed by atoms with Crippen LogP contribution in [-0.4, -0.2) is 52.5 Å². The number of nitrogens with zero attached hydrogens (tertiary/aromatic N) is 3. The van der Waals surface area contributed by atoms with Crippen molar-refractivity contribution >= 4 is 5.91 Å². The number of ether oxygens (including phenoxy) is 1. The van der Waals surface area contributed by atoms with Crippen molar-refractivity contribution in [2.75, 3.05) is 20.2 Å².